The van der Waals surface area contributed by atoms with E-state index in [0.717, 1.165) is 0 Å². The second kappa shape index (κ2) is 12.5. The molecule has 33 heavy (non-hydrogen) atoms. The van der Waals surface area contributed by atoms with Crippen LogP contribution in [-0.4, -0.2) is 49.5 Å². The van der Waals surface area contributed by atoms with E-state index in [1.807, 2.05) is 27.7 Å². The van der Waals surface area contributed by atoms with Crippen LogP contribution in [0.15, 0.2) is 30.3 Å². The highest BCUT2D eigenvalue weighted by Gasteiger charge is 2.20. The van der Waals surface area contributed by atoms with Crippen LogP contribution in [-0.2, 0) is 4.79 Å². The Morgan fingerprint density at radius 1 is 0.818 bits per heavy atom. The second-order valence-corrected chi connectivity index (χ2v) is 6.86. The molecule has 0 aliphatic carbocycles. The van der Waals surface area contributed by atoms with E-state index in [4.69, 9.17) is 18.9 Å². The van der Waals surface area contributed by atoms with Crippen LogP contribution >= 0.6 is 0 Å². The molecule has 1 atom stereocenters. The lowest BCUT2D eigenvalue weighted by Gasteiger charge is -2.18. The molecule has 3 N–H and O–H groups in total. The number of hydrogen-bond acceptors (Lipinski definition) is 7. The number of benzene rings is 2. The van der Waals surface area contributed by atoms with E-state index in [1.54, 1.807) is 30.3 Å². The standard InChI is InChI=1S/C24H32N2O7/c1-6-30-17-10-11-18(25-23(28)15(5)27)19(14-17)26-24(29)16-12-20(31-7-2)22(33-9-4)21(13-16)32-8-3/h10-15,27H,6-9H2,1-5H3,(H,25,28)(H,26,29)/t15-/m1/s1. The zero-order valence-electron chi connectivity index (χ0n) is 19.7. The van der Waals surface area contributed by atoms with Crippen LogP contribution in [0.5, 0.6) is 23.0 Å². The lowest BCUT2D eigenvalue weighted by molar-refractivity contribution is -0.123. The molecule has 0 bridgehead atoms. The Balaban J connectivity index is 2.45. The average molecular weight is 461 g/mol. The molecule has 0 radical (unpaired) electrons. The van der Waals surface area contributed by atoms with Gasteiger partial charge in [-0.1, -0.05) is 0 Å². The number of carbonyl (C=O) groups is 2. The van der Waals surface area contributed by atoms with Gasteiger partial charge in [0.15, 0.2) is 11.5 Å². The minimum Gasteiger partial charge on any atom is -0.494 e. The third-order valence-corrected chi connectivity index (χ3v) is 4.36. The molecule has 0 saturated carbocycles. The largest absolute Gasteiger partial charge is 0.494 e. The zero-order valence-corrected chi connectivity index (χ0v) is 19.7. The van der Waals surface area contributed by atoms with Gasteiger partial charge in [0, 0.05) is 11.6 Å². The lowest BCUT2D eigenvalue weighted by atomic mass is 10.1. The fourth-order valence-electron chi connectivity index (χ4n) is 2.94. The number of nitrogens with one attached hydrogen (secondary N) is 2. The van der Waals surface area contributed by atoms with Gasteiger partial charge in [-0.05, 0) is 58.9 Å². The Hall–Kier alpha value is -3.46. The number of anilines is 2. The van der Waals surface area contributed by atoms with Crippen LogP contribution in [0.1, 0.15) is 45.0 Å². The molecule has 9 nitrogen and oxygen atoms in total. The van der Waals surface area contributed by atoms with Crippen LogP contribution in [0.3, 0.4) is 0 Å². The molecular weight excluding hydrogens is 428 g/mol. The number of aliphatic hydroxyl groups excluding tert-OH is 1. The van der Waals surface area contributed by atoms with Crippen LogP contribution in [0.4, 0.5) is 11.4 Å². The van der Waals surface area contributed by atoms with E-state index in [1.165, 1.54) is 6.92 Å². The van der Waals surface area contributed by atoms with E-state index < -0.39 is 17.9 Å². The van der Waals surface area contributed by atoms with Crippen molar-refractivity contribution < 1.29 is 33.6 Å². The summed E-state index contributed by atoms with van der Waals surface area (Å²) in [6.07, 6.45) is -1.21. The predicted octanol–water partition coefficient (Wildman–Crippen LogP) is 3.85. The van der Waals surface area contributed by atoms with Gasteiger partial charge in [0.1, 0.15) is 11.9 Å². The third-order valence-electron chi connectivity index (χ3n) is 4.36. The summed E-state index contributed by atoms with van der Waals surface area (Å²) in [7, 11) is 0. The fourth-order valence-corrected chi connectivity index (χ4v) is 2.94. The topological polar surface area (TPSA) is 115 Å². The summed E-state index contributed by atoms with van der Waals surface area (Å²) in [5.74, 6) is 0.664. The Bertz CT molecular complexity index is 933. The van der Waals surface area contributed by atoms with Gasteiger partial charge in [-0.25, -0.2) is 0 Å². The van der Waals surface area contributed by atoms with Gasteiger partial charge >= 0.3 is 0 Å². The van der Waals surface area contributed by atoms with Crippen molar-refractivity contribution in [3.63, 3.8) is 0 Å². The number of aliphatic hydroxyl groups is 1. The van der Waals surface area contributed by atoms with Crippen LogP contribution in [0.2, 0.25) is 0 Å². The molecule has 9 heteroatoms. The average Bonchev–Trinajstić information content (AvgIpc) is 2.77. The van der Waals surface area contributed by atoms with E-state index in [2.05, 4.69) is 10.6 Å². The second-order valence-electron chi connectivity index (χ2n) is 6.86. The molecule has 0 unspecified atom stereocenters. The van der Waals surface area contributed by atoms with Gasteiger partial charge in [0.25, 0.3) is 11.8 Å². The maximum Gasteiger partial charge on any atom is 0.256 e. The van der Waals surface area contributed by atoms with Crippen LogP contribution < -0.4 is 29.6 Å². The van der Waals surface area contributed by atoms with Crippen LogP contribution in [0, 0.1) is 0 Å². The van der Waals surface area contributed by atoms with Crippen molar-refractivity contribution >= 4 is 23.2 Å². The Kier molecular flexibility index (Phi) is 9.81. The van der Waals surface area contributed by atoms with Gasteiger partial charge in [-0.3, -0.25) is 9.59 Å². The molecule has 0 aliphatic rings. The summed E-state index contributed by atoms with van der Waals surface area (Å²) >= 11 is 0. The molecule has 0 heterocycles. The molecular formula is C24H32N2O7. The Morgan fingerprint density at radius 3 is 1.91 bits per heavy atom. The monoisotopic (exact) mass is 460 g/mol. The minimum atomic E-state index is -1.21. The van der Waals surface area contributed by atoms with Crippen molar-refractivity contribution in [2.75, 3.05) is 37.1 Å². The van der Waals surface area contributed by atoms with Crippen molar-refractivity contribution in [1.82, 2.24) is 0 Å². The van der Waals surface area contributed by atoms with E-state index in [0.29, 0.717) is 60.8 Å². The molecule has 2 amide bonds. The minimum absolute atomic E-state index is 0.278. The molecule has 0 saturated heterocycles. The van der Waals surface area contributed by atoms with Gasteiger partial charge < -0.3 is 34.7 Å². The highest BCUT2D eigenvalue weighted by molar-refractivity contribution is 6.08. The van der Waals surface area contributed by atoms with Crippen LogP contribution in [0.25, 0.3) is 0 Å². The fraction of sp³-hybridized carbons (Fsp3) is 0.417. The number of carbonyl (C=O) groups excluding carboxylic acids is 2. The summed E-state index contributed by atoms with van der Waals surface area (Å²) in [6, 6.07) is 8.00. The first-order valence-electron chi connectivity index (χ1n) is 11.0. The summed E-state index contributed by atoms with van der Waals surface area (Å²) in [6.45, 7) is 10.3. The normalized spacial score (nSPS) is 11.3. The number of ether oxygens (including phenoxy) is 4. The predicted molar refractivity (Wildman–Crippen MR) is 126 cm³/mol. The third kappa shape index (κ3) is 7.01. The summed E-state index contributed by atoms with van der Waals surface area (Å²) in [5, 5.41) is 14.9. The molecule has 0 spiro atoms. The highest BCUT2D eigenvalue weighted by atomic mass is 16.5. The van der Waals surface area contributed by atoms with Crippen molar-refractivity contribution in [2.45, 2.75) is 40.7 Å². The summed E-state index contributed by atoms with van der Waals surface area (Å²) < 4.78 is 22.6. The summed E-state index contributed by atoms with van der Waals surface area (Å²) in [4.78, 5) is 25.2. The van der Waals surface area contributed by atoms with Crippen molar-refractivity contribution in [3.05, 3.63) is 35.9 Å². The van der Waals surface area contributed by atoms with E-state index in [-0.39, 0.29) is 5.56 Å². The Morgan fingerprint density at radius 2 is 1.39 bits per heavy atom. The van der Waals surface area contributed by atoms with Gasteiger partial charge in [-0.15, -0.1) is 0 Å². The first kappa shape index (κ1) is 25.8. The van der Waals surface area contributed by atoms with Crippen molar-refractivity contribution in [3.8, 4) is 23.0 Å². The van der Waals surface area contributed by atoms with Gasteiger partial charge in [0.05, 0.1) is 37.8 Å². The number of amides is 2. The van der Waals surface area contributed by atoms with E-state index in [9.17, 15) is 14.7 Å². The smallest absolute Gasteiger partial charge is 0.256 e. The SMILES string of the molecule is CCOc1ccc(NC(=O)[C@@H](C)O)c(NC(=O)c2cc(OCC)c(OCC)c(OCC)c2)c1. The molecule has 180 valence electrons. The zero-order chi connectivity index (χ0) is 24.4. The van der Waals surface area contributed by atoms with Gasteiger partial charge in [0.2, 0.25) is 5.75 Å². The Labute approximate surface area is 194 Å². The molecule has 0 aromatic heterocycles. The van der Waals surface area contributed by atoms with E-state index >= 15 is 0 Å². The lowest BCUT2D eigenvalue weighted by Crippen LogP contribution is -2.25. The molecule has 2 aromatic rings. The van der Waals surface area contributed by atoms with Gasteiger partial charge in [-0.2, -0.15) is 0 Å². The quantitative estimate of drug-likeness (QED) is 0.441. The molecule has 0 fully saturated rings. The van der Waals surface area contributed by atoms with Crippen molar-refractivity contribution in [1.29, 1.82) is 0 Å². The summed E-state index contributed by atoms with van der Waals surface area (Å²) in [5.41, 5.74) is 0.906. The molecule has 0 aliphatic heterocycles. The number of rotatable bonds is 12. The van der Waals surface area contributed by atoms with Crippen molar-refractivity contribution in [2.24, 2.45) is 0 Å². The maximum absolute atomic E-state index is 13.2. The molecule has 2 rings (SSSR count). The number of hydrogen-bond donors (Lipinski definition) is 3. The first-order chi connectivity index (χ1) is 15.8. The molecule has 2 aromatic carbocycles. The highest BCUT2D eigenvalue weighted by Crippen LogP contribution is 2.39. The maximum atomic E-state index is 13.2. The first-order valence-corrected chi connectivity index (χ1v) is 11.0.